The summed E-state index contributed by atoms with van der Waals surface area (Å²) in [6.45, 7) is 14.4. The topological polar surface area (TPSA) is 169 Å². The Labute approximate surface area is 466 Å². The summed E-state index contributed by atoms with van der Waals surface area (Å²) in [5.41, 5.74) is -21.3. The summed E-state index contributed by atoms with van der Waals surface area (Å²) in [7, 11) is 0. The van der Waals surface area contributed by atoms with Crippen molar-refractivity contribution in [3.8, 4) is 6.07 Å². The molecule has 23 heteroatoms. The van der Waals surface area contributed by atoms with Gasteiger partial charge in [0.1, 0.15) is 23.4 Å². The van der Waals surface area contributed by atoms with E-state index in [1.165, 1.54) is 13.8 Å². The molecular weight excluding hydrogens is 1100 g/mol. The van der Waals surface area contributed by atoms with Gasteiger partial charge in [-0.25, -0.2) is 0 Å². The monoisotopic (exact) mass is 1180 g/mol. The van der Waals surface area contributed by atoms with Gasteiger partial charge in [-0.2, -0.15) is 57.9 Å². The summed E-state index contributed by atoms with van der Waals surface area (Å²) in [4.78, 5) is 60.7. The van der Waals surface area contributed by atoms with Crippen LogP contribution in [0.25, 0.3) is 0 Å². The molecule has 0 heterocycles. The first-order chi connectivity index (χ1) is 36.9. The zero-order chi connectivity index (χ0) is 60.9. The van der Waals surface area contributed by atoms with E-state index in [1.54, 1.807) is 13.8 Å². The summed E-state index contributed by atoms with van der Waals surface area (Å²) in [6, 6.07) is 2.26. The van der Waals surface area contributed by atoms with E-state index in [2.05, 4.69) is 6.07 Å². The fourth-order valence-electron chi connectivity index (χ4n) is 17.2. The van der Waals surface area contributed by atoms with Crippen LogP contribution >= 0.6 is 0 Å². The van der Waals surface area contributed by atoms with Crippen molar-refractivity contribution in [3.63, 3.8) is 0 Å². The Kier molecular flexibility index (Phi) is 17.5. The molecule has 8 aliphatic rings. The fourth-order valence-corrected chi connectivity index (χ4v) is 17.2. The molecule has 0 spiro atoms. The first-order valence-corrected chi connectivity index (χ1v) is 28.9. The van der Waals surface area contributed by atoms with E-state index in [1.807, 2.05) is 20.8 Å². The van der Waals surface area contributed by atoms with Gasteiger partial charge in [0.05, 0.1) is 27.7 Å². The number of alkyl halides is 12. The molecule has 8 rings (SSSR count). The number of aliphatic hydroxyl groups is 2. The number of carbonyl (C=O) groups is 4. The van der Waals surface area contributed by atoms with Crippen LogP contribution in [0.3, 0.4) is 0 Å². The highest BCUT2D eigenvalue weighted by atomic mass is 19.4. The second kappa shape index (κ2) is 21.8. The molecule has 81 heavy (non-hydrogen) atoms. The van der Waals surface area contributed by atoms with Gasteiger partial charge < -0.3 is 29.2 Å². The van der Waals surface area contributed by atoms with E-state index in [9.17, 15) is 73.0 Å². The smallest absolute Gasteiger partial charge is 0.426 e. The quantitative estimate of drug-likeness (QED) is 0.0717. The fraction of sp³-hybridized carbons (Fsp3) is 0.914. The van der Waals surface area contributed by atoms with Gasteiger partial charge in [-0.1, -0.05) is 27.7 Å². The van der Waals surface area contributed by atoms with Crippen molar-refractivity contribution in [2.75, 3.05) is 0 Å². The molecule has 8 fully saturated rings. The van der Waals surface area contributed by atoms with Crippen molar-refractivity contribution >= 4 is 23.9 Å². The summed E-state index contributed by atoms with van der Waals surface area (Å²) in [5.74, 6) is -10.8. The van der Waals surface area contributed by atoms with Gasteiger partial charge in [0.2, 0.25) is 0 Å². The van der Waals surface area contributed by atoms with Crippen LogP contribution in [0.2, 0.25) is 0 Å². The van der Waals surface area contributed by atoms with Gasteiger partial charge in [-0.05, 0) is 204 Å². The van der Waals surface area contributed by atoms with Crippen molar-refractivity contribution in [2.45, 2.75) is 250 Å². The number of nitrogens with zero attached hydrogens (tertiary/aromatic N) is 1. The van der Waals surface area contributed by atoms with Crippen molar-refractivity contribution < 1.29 is 101 Å². The van der Waals surface area contributed by atoms with Crippen molar-refractivity contribution in [1.82, 2.24) is 0 Å². The van der Waals surface area contributed by atoms with Crippen LogP contribution in [0.5, 0.6) is 0 Å². The molecule has 2 N–H and O–H groups in total. The molecule has 0 amide bonds. The second-order valence-electron chi connectivity index (χ2n) is 27.8. The number of ether oxygens (including phenoxy) is 4. The van der Waals surface area contributed by atoms with Crippen LogP contribution in [0.1, 0.15) is 191 Å². The Balaban J connectivity index is 1.27. The zero-order valence-corrected chi connectivity index (χ0v) is 47.7. The van der Waals surface area contributed by atoms with Crippen molar-refractivity contribution in [1.29, 1.82) is 5.26 Å². The molecule has 11 nitrogen and oxygen atoms in total. The Hall–Kier alpha value is -3.55. The van der Waals surface area contributed by atoms with Crippen LogP contribution in [0.4, 0.5) is 52.7 Å². The number of hydrogen-bond acceptors (Lipinski definition) is 11. The molecule has 0 radical (unpaired) electrons. The average molecular weight is 1180 g/mol. The molecule has 0 saturated heterocycles. The molecule has 6 bridgehead atoms. The number of fused-ring (bicyclic) bond motifs is 2. The molecule has 9 atom stereocenters. The summed E-state index contributed by atoms with van der Waals surface area (Å²) < 4.78 is 198. The maximum absolute atomic E-state index is 15.4. The lowest BCUT2D eigenvalue weighted by Gasteiger charge is -2.62. The highest BCUT2D eigenvalue weighted by Crippen LogP contribution is 2.64. The Morgan fingerprint density at radius 2 is 1.01 bits per heavy atom. The molecular formula is C58H81F12NO10. The summed E-state index contributed by atoms with van der Waals surface area (Å²) >= 11 is 0. The lowest BCUT2D eigenvalue weighted by Crippen LogP contribution is -2.67. The van der Waals surface area contributed by atoms with Gasteiger partial charge in [0, 0.05) is 17.8 Å². The summed E-state index contributed by atoms with van der Waals surface area (Å²) in [6.07, 6.45) is -29.2. The maximum Gasteiger partial charge on any atom is 0.426 e. The van der Waals surface area contributed by atoms with E-state index >= 15 is 14.4 Å². The van der Waals surface area contributed by atoms with E-state index in [0.717, 1.165) is 46.0 Å². The number of halogens is 12. The highest BCUT2D eigenvalue weighted by Gasteiger charge is 2.79. The highest BCUT2D eigenvalue weighted by molar-refractivity contribution is 5.84. The lowest BCUT2D eigenvalue weighted by atomic mass is 9.47. The number of hydrogen-bond donors (Lipinski definition) is 2. The lowest BCUT2D eigenvalue weighted by molar-refractivity contribution is -0.405. The SMILES string of the molecule is CCC1(OC(=O)C(C)(CC(C)(CC(C)(C)C(=O)OC2CC(C(O)(C(F)(F)F)C(F)(F)F)CC(C(O)(C(F)(F)F)C(F)(F)F)C2)C(=O)OC2CC3CC2CC3C#N)CC(C)(CC)C(=O)OC2(C(C)C)C3CC4CC(C3)CC2C4)CCCC1. The van der Waals surface area contributed by atoms with Crippen LogP contribution in [0.15, 0.2) is 0 Å². The third kappa shape index (κ3) is 11.6. The molecule has 0 aromatic rings. The third-order valence-electron chi connectivity index (χ3n) is 21.3. The standard InChI is InChI=1S/C58H81F12NO10/c1-10-48(7,45(74)81-52(31(3)4)37-17-32-16-33(19-37)20-38(52)18-32)29-50(9,46(75)80-51(11-2)14-12-13-15-51)30-49(8,44(73)79-42-23-34-21-35(42)22-36(34)27-71)28-47(5,6)43(72)78-41-25-39(53(76,55(59,60)61)56(62,63)64)24-40(26-41)54(77,57(65,66)67)58(68,69)70/h31-42,76-77H,10-26,28-30H2,1-9H3. The minimum atomic E-state index is -6.77. The average Bonchev–Trinajstić information content (AvgIpc) is 4.09. The van der Waals surface area contributed by atoms with Crippen molar-refractivity contribution in [3.05, 3.63) is 0 Å². The normalized spacial score (nSPS) is 33.7. The molecule has 462 valence electrons. The predicted molar refractivity (Wildman–Crippen MR) is 265 cm³/mol. The Bertz CT molecular complexity index is 2290. The largest absolute Gasteiger partial charge is 0.462 e. The van der Waals surface area contributed by atoms with Crippen LogP contribution in [0, 0.1) is 92.2 Å². The van der Waals surface area contributed by atoms with Gasteiger partial charge in [0.25, 0.3) is 11.2 Å². The van der Waals surface area contributed by atoms with Crippen LogP contribution in [-0.2, 0) is 38.1 Å². The van der Waals surface area contributed by atoms with Crippen LogP contribution < -0.4 is 0 Å². The first kappa shape index (κ1) is 65.0. The second-order valence-corrected chi connectivity index (χ2v) is 27.8. The summed E-state index contributed by atoms with van der Waals surface area (Å²) in [5, 5.41) is 30.6. The van der Waals surface area contributed by atoms with E-state index in [-0.39, 0.29) is 54.8 Å². The molecule has 0 aromatic heterocycles. The third-order valence-corrected chi connectivity index (χ3v) is 21.3. The molecule has 0 aromatic carbocycles. The van der Waals surface area contributed by atoms with Crippen molar-refractivity contribution in [2.24, 2.45) is 80.8 Å². The minimum absolute atomic E-state index is 0.0821. The van der Waals surface area contributed by atoms with Gasteiger partial charge in [-0.3, -0.25) is 19.2 Å². The minimum Gasteiger partial charge on any atom is -0.462 e. The molecule has 0 aliphatic heterocycles. The predicted octanol–water partition coefficient (Wildman–Crippen LogP) is 13.8. The Morgan fingerprint density at radius 3 is 1.42 bits per heavy atom. The van der Waals surface area contributed by atoms with Gasteiger partial charge in [-0.15, -0.1) is 0 Å². The van der Waals surface area contributed by atoms with Crippen LogP contribution in [-0.4, -0.2) is 93.4 Å². The maximum atomic E-state index is 15.4. The van der Waals surface area contributed by atoms with Gasteiger partial charge in [0.15, 0.2) is 0 Å². The number of esters is 4. The molecule has 8 aliphatic carbocycles. The molecule has 9 unspecified atom stereocenters. The van der Waals surface area contributed by atoms with E-state index in [4.69, 9.17) is 18.9 Å². The number of nitriles is 1. The zero-order valence-electron chi connectivity index (χ0n) is 47.7. The van der Waals surface area contributed by atoms with Gasteiger partial charge >= 0.3 is 48.6 Å². The number of carbonyl (C=O) groups excluding carboxylic acids is 4. The first-order valence-electron chi connectivity index (χ1n) is 28.9. The Morgan fingerprint density at radius 1 is 0.556 bits per heavy atom. The van der Waals surface area contributed by atoms with E-state index in [0.29, 0.717) is 56.8 Å². The van der Waals surface area contributed by atoms with E-state index < -0.39 is 149 Å². The molecule has 8 saturated carbocycles. The number of rotatable bonds is 19.